The van der Waals surface area contributed by atoms with Gasteiger partial charge in [0.25, 0.3) is 5.91 Å². The van der Waals surface area contributed by atoms with Crippen LogP contribution in [0.4, 0.5) is 0 Å². The molecule has 150 valence electrons. The van der Waals surface area contributed by atoms with Crippen LogP contribution >= 0.6 is 0 Å². The number of hydrogen-bond donors (Lipinski definition) is 1. The molecular formula is C23H25N3O3. The Bertz CT molecular complexity index is 1010. The van der Waals surface area contributed by atoms with Gasteiger partial charge in [-0.2, -0.15) is 0 Å². The zero-order valence-corrected chi connectivity index (χ0v) is 16.5. The van der Waals surface area contributed by atoms with Crippen LogP contribution < -0.4 is 10.1 Å². The number of piperidine rings is 3. The molecule has 0 aliphatic carbocycles. The van der Waals surface area contributed by atoms with Crippen LogP contribution in [-0.4, -0.2) is 48.1 Å². The van der Waals surface area contributed by atoms with Gasteiger partial charge in [0.15, 0.2) is 5.76 Å². The molecule has 3 aromatic rings. The topological polar surface area (TPSA) is 67.6 Å². The predicted octanol–water partition coefficient (Wildman–Crippen LogP) is 3.27. The Morgan fingerprint density at radius 2 is 2.14 bits per heavy atom. The second kappa shape index (κ2) is 7.52. The van der Waals surface area contributed by atoms with E-state index >= 15 is 0 Å². The number of rotatable bonds is 5. The van der Waals surface area contributed by atoms with E-state index in [9.17, 15) is 4.79 Å². The Morgan fingerprint density at radius 1 is 1.28 bits per heavy atom. The van der Waals surface area contributed by atoms with Crippen LogP contribution in [0.2, 0.25) is 0 Å². The quantitative estimate of drug-likeness (QED) is 0.723. The number of carbonyl (C=O) groups is 1. The largest absolute Gasteiger partial charge is 0.497 e. The third-order valence-corrected chi connectivity index (χ3v) is 6.38. The first-order chi connectivity index (χ1) is 14.2. The van der Waals surface area contributed by atoms with Crippen molar-refractivity contribution in [3.63, 3.8) is 0 Å². The maximum atomic E-state index is 13.0. The molecule has 5 heterocycles. The van der Waals surface area contributed by atoms with Crippen LogP contribution in [-0.2, 0) is 6.42 Å². The van der Waals surface area contributed by atoms with Gasteiger partial charge in [-0.05, 0) is 74.2 Å². The van der Waals surface area contributed by atoms with Crippen molar-refractivity contribution >= 4 is 16.9 Å². The van der Waals surface area contributed by atoms with Crippen molar-refractivity contribution < 1.29 is 13.9 Å². The highest BCUT2D eigenvalue weighted by molar-refractivity contribution is 5.96. The van der Waals surface area contributed by atoms with Crippen LogP contribution in [0.3, 0.4) is 0 Å². The predicted molar refractivity (Wildman–Crippen MR) is 110 cm³/mol. The molecule has 6 heteroatoms. The van der Waals surface area contributed by atoms with E-state index in [2.05, 4.69) is 21.3 Å². The number of aromatic nitrogens is 1. The van der Waals surface area contributed by atoms with Crippen LogP contribution in [0, 0.1) is 5.92 Å². The van der Waals surface area contributed by atoms with Gasteiger partial charge in [-0.3, -0.25) is 14.7 Å². The number of hydrogen-bond acceptors (Lipinski definition) is 5. The number of amides is 1. The van der Waals surface area contributed by atoms with E-state index in [4.69, 9.17) is 9.15 Å². The molecule has 6 rings (SSSR count). The number of carbonyl (C=O) groups excluding carboxylic acids is 1. The Hall–Kier alpha value is -2.86. The molecule has 3 aliphatic heterocycles. The fourth-order valence-electron chi connectivity index (χ4n) is 4.86. The number of fused-ring (bicyclic) bond motifs is 4. The lowest BCUT2D eigenvalue weighted by Gasteiger charge is -2.51. The number of pyridine rings is 1. The van der Waals surface area contributed by atoms with Gasteiger partial charge in [0.05, 0.1) is 7.11 Å². The molecule has 2 bridgehead atoms. The number of nitrogens with one attached hydrogen (secondary N) is 1. The van der Waals surface area contributed by atoms with Crippen LogP contribution in [0.5, 0.6) is 5.75 Å². The third kappa shape index (κ3) is 3.49. The van der Waals surface area contributed by atoms with Crippen molar-refractivity contribution in [2.24, 2.45) is 5.92 Å². The van der Waals surface area contributed by atoms with Gasteiger partial charge < -0.3 is 14.5 Å². The molecule has 6 nitrogen and oxygen atoms in total. The first kappa shape index (κ1) is 18.2. The number of ether oxygens (including phenoxy) is 1. The fraction of sp³-hybridized carbons (Fsp3) is 0.391. The van der Waals surface area contributed by atoms with E-state index in [-0.39, 0.29) is 11.9 Å². The van der Waals surface area contributed by atoms with Gasteiger partial charge in [0.2, 0.25) is 0 Å². The van der Waals surface area contributed by atoms with Gasteiger partial charge in [-0.25, -0.2) is 0 Å². The molecule has 1 N–H and O–H groups in total. The van der Waals surface area contributed by atoms with E-state index < -0.39 is 0 Å². The fourth-order valence-corrected chi connectivity index (χ4v) is 4.86. The molecule has 2 atom stereocenters. The zero-order chi connectivity index (χ0) is 19.8. The SMILES string of the molecule is COc1ccc2oc(C(=O)N[C@@H]3C4CCN(CC4)[C@H]3Cc3cccnc3)cc2c1. The number of furan rings is 1. The van der Waals surface area contributed by atoms with Crippen molar-refractivity contribution in [1.82, 2.24) is 15.2 Å². The van der Waals surface area contributed by atoms with Crippen molar-refractivity contribution in [1.29, 1.82) is 0 Å². The lowest BCUT2D eigenvalue weighted by Crippen LogP contribution is -2.64. The van der Waals surface area contributed by atoms with E-state index in [0.29, 0.717) is 23.3 Å². The smallest absolute Gasteiger partial charge is 0.287 e. The van der Waals surface area contributed by atoms with Crippen molar-refractivity contribution in [2.45, 2.75) is 31.3 Å². The second-order valence-corrected chi connectivity index (χ2v) is 8.02. The summed E-state index contributed by atoms with van der Waals surface area (Å²) in [5.41, 5.74) is 1.90. The highest BCUT2D eigenvalue weighted by atomic mass is 16.5. The standard InChI is InChI=1S/C23H25N3O3/c1-28-18-4-5-20-17(12-18)13-21(29-20)23(27)25-22-16-6-9-26(10-7-16)19(22)11-15-3-2-8-24-14-15/h2-5,8,12-14,16,19,22H,6-7,9-11H2,1H3,(H,25,27)/t19-,22+/m0/s1. The van der Waals surface area contributed by atoms with E-state index in [1.807, 2.05) is 30.5 Å². The van der Waals surface area contributed by atoms with Gasteiger partial charge in [-0.15, -0.1) is 0 Å². The molecule has 1 amide bonds. The van der Waals surface area contributed by atoms with Crippen molar-refractivity contribution in [2.75, 3.05) is 20.2 Å². The van der Waals surface area contributed by atoms with Crippen LogP contribution in [0.15, 0.2) is 53.2 Å². The highest BCUT2D eigenvalue weighted by Gasteiger charge is 2.43. The summed E-state index contributed by atoms with van der Waals surface area (Å²) in [7, 11) is 1.63. The normalized spacial score (nSPS) is 25.8. The molecule has 0 spiro atoms. The summed E-state index contributed by atoms with van der Waals surface area (Å²) in [5, 5.41) is 4.17. The summed E-state index contributed by atoms with van der Waals surface area (Å²) in [6.07, 6.45) is 6.88. The Kier molecular flexibility index (Phi) is 4.72. The molecule has 3 saturated heterocycles. The lowest BCUT2D eigenvalue weighted by atomic mass is 9.76. The molecule has 1 aromatic carbocycles. The molecule has 0 radical (unpaired) electrons. The molecule has 0 saturated carbocycles. The monoisotopic (exact) mass is 391 g/mol. The van der Waals surface area contributed by atoms with Gasteiger partial charge >= 0.3 is 0 Å². The number of nitrogens with zero attached hydrogens (tertiary/aromatic N) is 2. The summed E-state index contributed by atoms with van der Waals surface area (Å²) in [5.74, 6) is 1.47. The minimum atomic E-state index is -0.143. The Labute approximate surface area is 169 Å². The number of methoxy groups -OCH3 is 1. The zero-order valence-electron chi connectivity index (χ0n) is 16.5. The van der Waals surface area contributed by atoms with E-state index in [1.165, 1.54) is 5.56 Å². The summed E-state index contributed by atoms with van der Waals surface area (Å²) in [4.78, 5) is 19.8. The molecule has 3 aliphatic rings. The summed E-state index contributed by atoms with van der Waals surface area (Å²) >= 11 is 0. The Morgan fingerprint density at radius 3 is 2.90 bits per heavy atom. The molecule has 0 unspecified atom stereocenters. The summed E-state index contributed by atoms with van der Waals surface area (Å²) in [6.45, 7) is 2.21. The van der Waals surface area contributed by atoms with E-state index in [1.54, 1.807) is 19.4 Å². The average molecular weight is 391 g/mol. The molecule has 2 aromatic heterocycles. The molecule has 3 fully saturated rings. The minimum absolute atomic E-state index is 0.118. The maximum absolute atomic E-state index is 13.0. The summed E-state index contributed by atoms with van der Waals surface area (Å²) in [6, 6.07) is 11.9. The maximum Gasteiger partial charge on any atom is 0.287 e. The first-order valence-corrected chi connectivity index (χ1v) is 10.2. The van der Waals surface area contributed by atoms with E-state index in [0.717, 1.165) is 43.5 Å². The van der Waals surface area contributed by atoms with Gasteiger partial charge in [-0.1, -0.05) is 6.07 Å². The highest BCUT2D eigenvalue weighted by Crippen LogP contribution is 2.34. The van der Waals surface area contributed by atoms with Gasteiger partial charge in [0.1, 0.15) is 11.3 Å². The van der Waals surface area contributed by atoms with Crippen LogP contribution in [0.1, 0.15) is 29.0 Å². The minimum Gasteiger partial charge on any atom is -0.497 e. The van der Waals surface area contributed by atoms with Crippen LogP contribution in [0.25, 0.3) is 11.0 Å². The number of benzene rings is 1. The third-order valence-electron chi connectivity index (χ3n) is 6.38. The molecule has 29 heavy (non-hydrogen) atoms. The average Bonchev–Trinajstić information content (AvgIpc) is 3.20. The van der Waals surface area contributed by atoms with Crippen molar-refractivity contribution in [3.05, 3.63) is 60.1 Å². The Balaban J connectivity index is 1.37. The van der Waals surface area contributed by atoms with Gasteiger partial charge in [0, 0.05) is 29.9 Å². The van der Waals surface area contributed by atoms with Crippen molar-refractivity contribution in [3.8, 4) is 5.75 Å². The second-order valence-electron chi connectivity index (χ2n) is 8.02. The first-order valence-electron chi connectivity index (χ1n) is 10.2. The summed E-state index contributed by atoms with van der Waals surface area (Å²) < 4.78 is 11.1. The molecular weight excluding hydrogens is 366 g/mol. The lowest BCUT2D eigenvalue weighted by molar-refractivity contribution is 0.0131.